The fraction of sp³-hybridized carbons (Fsp3) is 0.333. The minimum atomic E-state index is 0.707. The molecule has 0 bridgehead atoms. The lowest BCUT2D eigenvalue weighted by molar-refractivity contribution is 0.416. The van der Waals surface area contributed by atoms with Gasteiger partial charge >= 0.3 is 0 Å². The van der Waals surface area contributed by atoms with E-state index in [1.807, 2.05) is 18.2 Å². The number of aryl methyl sites for hydroxylation is 2. The summed E-state index contributed by atoms with van der Waals surface area (Å²) >= 11 is 6.27. The zero-order valence-electron chi connectivity index (χ0n) is 14.9. The van der Waals surface area contributed by atoms with Gasteiger partial charge in [-0.2, -0.15) is 0 Å². The van der Waals surface area contributed by atoms with Crippen molar-refractivity contribution in [1.29, 1.82) is 0 Å². The summed E-state index contributed by atoms with van der Waals surface area (Å²) in [6.45, 7) is 2.90. The van der Waals surface area contributed by atoms with Crippen LogP contribution in [0.1, 0.15) is 30.9 Å². The van der Waals surface area contributed by atoms with Gasteiger partial charge in [0.2, 0.25) is 0 Å². The Balaban J connectivity index is 2.22. The summed E-state index contributed by atoms with van der Waals surface area (Å²) in [6, 6.07) is 12.3. The summed E-state index contributed by atoms with van der Waals surface area (Å²) in [5.41, 5.74) is 11.7. The van der Waals surface area contributed by atoms with E-state index in [2.05, 4.69) is 30.1 Å². The number of benzene rings is 2. The Morgan fingerprint density at radius 3 is 2.72 bits per heavy atom. The monoisotopic (exact) mass is 356 g/mol. The number of para-hydroxylation sites is 1. The lowest BCUT2D eigenvalue weighted by Gasteiger charge is -2.10. The van der Waals surface area contributed by atoms with Crippen molar-refractivity contribution < 1.29 is 4.74 Å². The Morgan fingerprint density at radius 1 is 1.16 bits per heavy atom. The minimum Gasteiger partial charge on any atom is -0.496 e. The first-order valence-electron chi connectivity index (χ1n) is 8.86. The first kappa shape index (κ1) is 17.8. The molecule has 0 radical (unpaired) electrons. The van der Waals surface area contributed by atoms with Crippen LogP contribution in [-0.4, -0.2) is 18.6 Å². The lowest BCUT2D eigenvalue weighted by Crippen LogP contribution is -1.99. The number of H-pyrrole nitrogens is 1. The van der Waals surface area contributed by atoms with Gasteiger partial charge in [0.25, 0.3) is 0 Å². The number of ether oxygens (including phenoxy) is 1. The van der Waals surface area contributed by atoms with Gasteiger partial charge in [0.1, 0.15) is 5.75 Å². The molecule has 4 heteroatoms. The molecule has 0 spiro atoms. The zero-order valence-corrected chi connectivity index (χ0v) is 15.6. The molecule has 0 atom stereocenters. The van der Waals surface area contributed by atoms with Crippen molar-refractivity contribution in [3.05, 3.63) is 52.5 Å². The smallest absolute Gasteiger partial charge is 0.128 e. The zero-order chi connectivity index (χ0) is 17.8. The van der Waals surface area contributed by atoms with E-state index in [1.54, 1.807) is 7.11 Å². The maximum Gasteiger partial charge on any atom is 0.128 e. The number of nitrogens with two attached hydrogens (primary N) is 1. The van der Waals surface area contributed by atoms with E-state index in [4.69, 9.17) is 22.1 Å². The molecule has 2 aromatic carbocycles. The molecule has 3 nitrogen and oxygen atoms in total. The number of aromatic nitrogens is 1. The second-order valence-corrected chi connectivity index (χ2v) is 6.70. The SMILES string of the molecule is CCc1cccc2c(CCCCN)c(-c3cc(Cl)ccc3OC)[nH]c12. The molecule has 0 unspecified atom stereocenters. The third-order valence-corrected chi connectivity index (χ3v) is 4.96. The van der Waals surface area contributed by atoms with Crippen molar-refractivity contribution in [2.45, 2.75) is 32.6 Å². The number of fused-ring (bicyclic) bond motifs is 1. The molecule has 25 heavy (non-hydrogen) atoms. The third kappa shape index (κ3) is 3.53. The van der Waals surface area contributed by atoms with Gasteiger partial charge in [-0.15, -0.1) is 0 Å². The predicted octanol–water partition coefficient (Wildman–Crippen LogP) is 5.34. The van der Waals surface area contributed by atoms with Crippen LogP contribution in [0.25, 0.3) is 22.2 Å². The van der Waals surface area contributed by atoms with E-state index in [9.17, 15) is 0 Å². The summed E-state index contributed by atoms with van der Waals surface area (Å²) in [6.07, 6.45) is 4.06. The van der Waals surface area contributed by atoms with E-state index in [1.165, 1.54) is 22.0 Å². The van der Waals surface area contributed by atoms with Crippen LogP contribution < -0.4 is 10.5 Å². The number of aromatic amines is 1. The minimum absolute atomic E-state index is 0.707. The Morgan fingerprint density at radius 2 is 2.00 bits per heavy atom. The molecule has 0 amide bonds. The van der Waals surface area contributed by atoms with Crippen molar-refractivity contribution in [1.82, 2.24) is 4.98 Å². The fourth-order valence-electron chi connectivity index (χ4n) is 3.44. The molecule has 3 N–H and O–H groups in total. The van der Waals surface area contributed by atoms with Crippen LogP contribution in [0.15, 0.2) is 36.4 Å². The molecule has 3 rings (SSSR count). The van der Waals surface area contributed by atoms with E-state index in [0.29, 0.717) is 5.02 Å². The van der Waals surface area contributed by atoms with Crippen LogP contribution in [0.4, 0.5) is 0 Å². The van der Waals surface area contributed by atoms with Gasteiger partial charge in [-0.05, 0) is 61.6 Å². The van der Waals surface area contributed by atoms with Gasteiger partial charge in [0, 0.05) is 21.5 Å². The summed E-state index contributed by atoms with van der Waals surface area (Å²) in [4.78, 5) is 3.66. The first-order chi connectivity index (χ1) is 12.2. The predicted molar refractivity (Wildman–Crippen MR) is 107 cm³/mol. The van der Waals surface area contributed by atoms with Crippen molar-refractivity contribution in [2.24, 2.45) is 5.73 Å². The van der Waals surface area contributed by atoms with Crippen molar-refractivity contribution in [2.75, 3.05) is 13.7 Å². The number of nitrogens with one attached hydrogen (secondary N) is 1. The lowest BCUT2D eigenvalue weighted by atomic mass is 9.98. The highest BCUT2D eigenvalue weighted by molar-refractivity contribution is 6.31. The average Bonchev–Trinajstić information content (AvgIpc) is 3.00. The average molecular weight is 357 g/mol. The number of rotatable bonds is 7. The van der Waals surface area contributed by atoms with Gasteiger partial charge in [0.15, 0.2) is 0 Å². The molecule has 0 fully saturated rings. The largest absolute Gasteiger partial charge is 0.496 e. The second-order valence-electron chi connectivity index (χ2n) is 6.26. The molecular formula is C21H25ClN2O. The summed E-state index contributed by atoms with van der Waals surface area (Å²) in [5, 5.41) is 1.99. The highest BCUT2D eigenvalue weighted by atomic mass is 35.5. The van der Waals surface area contributed by atoms with Crippen LogP contribution in [0, 0.1) is 0 Å². The van der Waals surface area contributed by atoms with Crippen LogP contribution in [0.3, 0.4) is 0 Å². The molecule has 3 aromatic rings. The molecule has 1 heterocycles. The van der Waals surface area contributed by atoms with Gasteiger partial charge < -0.3 is 15.5 Å². The summed E-state index contributed by atoms with van der Waals surface area (Å²) in [5.74, 6) is 0.828. The quantitative estimate of drug-likeness (QED) is 0.561. The van der Waals surface area contributed by atoms with Crippen LogP contribution in [-0.2, 0) is 12.8 Å². The van der Waals surface area contributed by atoms with Crippen LogP contribution >= 0.6 is 11.6 Å². The van der Waals surface area contributed by atoms with Crippen LogP contribution in [0.2, 0.25) is 5.02 Å². The first-order valence-corrected chi connectivity index (χ1v) is 9.23. The van der Waals surface area contributed by atoms with E-state index < -0.39 is 0 Å². The van der Waals surface area contributed by atoms with Gasteiger partial charge in [-0.1, -0.05) is 36.7 Å². The topological polar surface area (TPSA) is 51.0 Å². The third-order valence-electron chi connectivity index (χ3n) is 4.72. The molecule has 0 saturated heterocycles. The van der Waals surface area contributed by atoms with Crippen molar-refractivity contribution in [3.8, 4) is 17.0 Å². The maximum atomic E-state index is 6.27. The second kappa shape index (κ2) is 7.94. The summed E-state index contributed by atoms with van der Waals surface area (Å²) in [7, 11) is 1.70. The standard InChI is InChI=1S/C21H25ClN2O/c1-3-14-7-6-9-16-17(8-4-5-12-23)21(24-20(14)16)18-13-15(22)10-11-19(18)25-2/h6-7,9-11,13,24H,3-5,8,12,23H2,1-2H3. The number of halogens is 1. The number of methoxy groups -OCH3 is 1. The fourth-order valence-corrected chi connectivity index (χ4v) is 3.61. The number of unbranched alkanes of at least 4 members (excludes halogenated alkanes) is 1. The van der Waals surface area contributed by atoms with Crippen LogP contribution in [0.5, 0.6) is 5.75 Å². The Bertz CT molecular complexity index is 870. The van der Waals surface area contributed by atoms with Crippen molar-refractivity contribution >= 4 is 22.5 Å². The summed E-state index contributed by atoms with van der Waals surface area (Å²) < 4.78 is 5.59. The van der Waals surface area contributed by atoms with Gasteiger partial charge in [-0.25, -0.2) is 0 Å². The molecule has 0 aliphatic heterocycles. The van der Waals surface area contributed by atoms with E-state index in [-0.39, 0.29) is 0 Å². The number of hydrogen-bond donors (Lipinski definition) is 2. The normalized spacial score (nSPS) is 11.2. The highest BCUT2D eigenvalue weighted by Gasteiger charge is 2.18. The molecule has 0 aliphatic rings. The number of hydrogen-bond acceptors (Lipinski definition) is 2. The van der Waals surface area contributed by atoms with Gasteiger partial charge in [0.05, 0.1) is 12.8 Å². The molecule has 0 saturated carbocycles. The molecule has 0 aliphatic carbocycles. The molecule has 1 aromatic heterocycles. The van der Waals surface area contributed by atoms with Gasteiger partial charge in [-0.3, -0.25) is 0 Å². The van der Waals surface area contributed by atoms with Crippen molar-refractivity contribution in [3.63, 3.8) is 0 Å². The Kier molecular flexibility index (Phi) is 5.67. The Hall–Kier alpha value is -1.97. The molecular weight excluding hydrogens is 332 g/mol. The molecule has 132 valence electrons. The highest BCUT2D eigenvalue weighted by Crippen LogP contribution is 2.38. The Labute approximate surface area is 154 Å². The maximum absolute atomic E-state index is 6.27. The van der Waals surface area contributed by atoms with E-state index >= 15 is 0 Å². The van der Waals surface area contributed by atoms with E-state index in [0.717, 1.165) is 49.2 Å².